The number of benzene rings is 5. The molecular formula is C46H25F2N5S. The van der Waals surface area contributed by atoms with Gasteiger partial charge in [-0.2, -0.15) is 8.75 Å². The van der Waals surface area contributed by atoms with Crippen LogP contribution in [0.2, 0.25) is 0 Å². The van der Waals surface area contributed by atoms with Crippen molar-refractivity contribution < 1.29 is 8.78 Å². The SMILES string of the molecule is Fc1c(F)c(-c2ccc(N(c3ccccc3)c3ccccc3)cc2)c2nsnc2c1C#Cc1cc(C#Cc2cccnc2)cc(C#Cc2cccnc2)c1. The molecule has 0 aliphatic carbocycles. The number of para-hydroxylation sites is 2. The predicted octanol–water partition coefficient (Wildman–Crippen LogP) is 10.1. The number of fused-ring (bicyclic) bond motifs is 1. The second kappa shape index (κ2) is 15.4. The van der Waals surface area contributed by atoms with Gasteiger partial charge < -0.3 is 4.90 Å². The van der Waals surface area contributed by atoms with E-state index in [0.717, 1.165) is 39.9 Å². The molecule has 0 amide bonds. The zero-order valence-corrected chi connectivity index (χ0v) is 29.2. The Kier molecular flexibility index (Phi) is 9.63. The van der Waals surface area contributed by atoms with Crippen LogP contribution in [0.25, 0.3) is 22.2 Å². The lowest BCUT2D eigenvalue weighted by Crippen LogP contribution is -2.09. The summed E-state index contributed by atoms with van der Waals surface area (Å²) in [5.74, 6) is 16.2. The molecule has 8 aromatic rings. The second-order valence-electron chi connectivity index (χ2n) is 11.9. The van der Waals surface area contributed by atoms with Gasteiger partial charge in [0, 0.05) is 75.2 Å². The highest BCUT2D eigenvalue weighted by Gasteiger charge is 2.24. The molecule has 0 aliphatic rings. The normalized spacial score (nSPS) is 10.3. The molecule has 5 nitrogen and oxygen atoms in total. The van der Waals surface area contributed by atoms with Crippen molar-refractivity contribution in [3.8, 4) is 46.6 Å². The van der Waals surface area contributed by atoms with Gasteiger partial charge in [0.15, 0.2) is 11.6 Å². The Bertz CT molecular complexity index is 2680. The van der Waals surface area contributed by atoms with Crippen LogP contribution in [0.15, 0.2) is 152 Å². The third kappa shape index (κ3) is 7.31. The van der Waals surface area contributed by atoms with Crippen molar-refractivity contribution in [2.45, 2.75) is 0 Å². The molecule has 3 heterocycles. The van der Waals surface area contributed by atoms with Crippen LogP contribution in [0.3, 0.4) is 0 Å². The molecule has 8 rings (SSSR count). The number of rotatable bonds is 4. The van der Waals surface area contributed by atoms with Gasteiger partial charge in [0.05, 0.1) is 17.3 Å². The highest BCUT2D eigenvalue weighted by Crippen LogP contribution is 2.38. The Morgan fingerprint density at radius 3 is 1.46 bits per heavy atom. The average Bonchev–Trinajstić information content (AvgIpc) is 3.71. The van der Waals surface area contributed by atoms with Crippen LogP contribution in [-0.2, 0) is 0 Å². The predicted molar refractivity (Wildman–Crippen MR) is 210 cm³/mol. The van der Waals surface area contributed by atoms with E-state index < -0.39 is 11.6 Å². The lowest BCUT2D eigenvalue weighted by atomic mass is 9.99. The number of nitrogens with zero attached hydrogens (tertiary/aromatic N) is 5. The summed E-state index contributed by atoms with van der Waals surface area (Å²) >= 11 is 0.875. The average molecular weight is 718 g/mol. The van der Waals surface area contributed by atoms with Gasteiger partial charge in [-0.25, -0.2) is 8.78 Å². The zero-order valence-electron chi connectivity index (χ0n) is 28.3. The van der Waals surface area contributed by atoms with Gasteiger partial charge in [-0.15, -0.1) is 0 Å². The maximum absolute atomic E-state index is 16.2. The summed E-state index contributed by atoms with van der Waals surface area (Å²) in [6, 6.07) is 39.9. The van der Waals surface area contributed by atoms with E-state index >= 15 is 8.78 Å². The highest BCUT2D eigenvalue weighted by atomic mass is 32.1. The summed E-state index contributed by atoms with van der Waals surface area (Å²) in [6.07, 6.45) is 6.71. The minimum atomic E-state index is -1.10. The lowest BCUT2D eigenvalue weighted by Gasteiger charge is -2.25. The smallest absolute Gasteiger partial charge is 0.177 e. The van der Waals surface area contributed by atoms with Crippen LogP contribution in [0.1, 0.15) is 33.4 Å². The molecule has 0 unspecified atom stereocenters. The maximum atomic E-state index is 16.2. The minimum Gasteiger partial charge on any atom is -0.311 e. The van der Waals surface area contributed by atoms with Gasteiger partial charge in [-0.3, -0.25) is 9.97 Å². The summed E-state index contributed by atoms with van der Waals surface area (Å²) in [7, 11) is 0. The van der Waals surface area contributed by atoms with Crippen LogP contribution in [-0.4, -0.2) is 18.7 Å². The van der Waals surface area contributed by atoms with Crippen molar-refractivity contribution in [1.82, 2.24) is 18.7 Å². The van der Waals surface area contributed by atoms with Crippen LogP contribution < -0.4 is 4.90 Å². The third-order valence-electron chi connectivity index (χ3n) is 8.33. The standard InChI is InChI=1S/C46H25F2N5S/c47-43-41(24-19-36-28-34(17-15-32-9-7-25-49-30-32)27-35(29-36)18-16-33-10-8-26-50-31-33)45-46(52-54-51-45)42(44(43)48)37-20-22-40(23-21-37)53(38-11-3-1-4-12-38)39-13-5-2-6-14-39/h1-14,20-23,25-31H. The molecule has 3 aromatic heterocycles. The molecule has 0 saturated heterocycles. The number of halogens is 2. The van der Waals surface area contributed by atoms with Crippen molar-refractivity contribution in [3.05, 3.63) is 197 Å². The van der Waals surface area contributed by atoms with E-state index in [9.17, 15) is 0 Å². The molecule has 0 N–H and O–H groups in total. The minimum absolute atomic E-state index is 0.0277. The Hall–Kier alpha value is -7.44. The number of anilines is 3. The molecule has 0 fully saturated rings. The van der Waals surface area contributed by atoms with E-state index in [1.54, 1.807) is 49.1 Å². The fraction of sp³-hybridized carbons (Fsp3) is 0. The number of hydrogen-bond donors (Lipinski definition) is 0. The summed E-state index contributed by atoms with van der Waals surface area (Å²) in [5.41, 5.74) is 6.79. The van der Waals surface area contributed by atoms with Gasteiger partial charge >= 0.3 is 0 Å². The molecule has 54 heavy (non-hydrogen) atoms. The first-order chi connectivity index (χ1) is 26.6. The van der Waals surface area contributed by atoms with Crippen LogP contribution in [0.5, 0.6) is 0 Å². The molecular weight excluding hydrogens is 693 g/mol. The van der Waals surface area contributed by atoms with Gasteiger partial charge in [0.2, 0.25) is 0 Å². The first-order valence-corrected chi connectivity index (χ1v) is 17.5. The van der Waals surface area contributed by atoms with Gasteiger partial charge in [0.25, 0.3) is 0 Å². The fourth-order valence-corrected chi connectivity index (χ4v) is 6.40. The van der Waals surface area contributed by atoms with Crippen LogP contribution in [0.4, 0.5) is 25.8 Å². The molecule has 5 aromatic carbocycles. The van der Waals surface area contributed by atoms with E-state index in [1.807, 2.05) is 103 Å². The fourth-order valence-electron chi connectivity index (χ4n) is 5.84. The molecule has 0 bridgehead atoms. The summed E-state index contributed by atoms with van der Waals surface area (Å²) in [6.45, 7) is 0. The van der Waals surface area contributed by atoms with Crippen molar-refractivity contribution >= 4 is 39.8 Å². The van der Waals surface area contributed by atoms with Crippen molar-refractivity contribution in [1.29, 1.82) is 0 Å². The Morgan fingerprint density at radius 2 is 0.944 bits per heavy atom. The topological polar surface area (TPSA) is 54.8 Å². The first-order valence-electron chi connectivity index (χ1n) is 16.8. The second-order valence-corrected chi connectivity index (χ2v) is 12.5. The number of pyridine rings is 2. The zero-order chi connectivity index (χ0) is 36.7. The van der Waals surface area contributed by atoms with E-state index in [2.05, 4.69) is 59.1 Å². The van der Waals surface area contributed by atoms with Crippen LogP contribution >= 0.6 is 11.7 Å². The Labute approximate surface area is 315 Å². The van der Waals surface area contributed by atoms with E-state index in [-0.39, 0.29) is 22.2 Å². The maximum Gasteiger partial charge on any atom is 0.177 e. The van der Waals surface area contributed by atoms with Gasteiger partial charge in [-0.1, -0.05) is 84.1 Å². The Balaban J connectivity index is 1.17. The highest BCUT2D eigenvalue weighted by molar-refractivity contribution is 7.00. The third-order valence-corrected chi connectivity index (χ3v) is 8.86. The number of hydrogen-bond acceptors (Lipinski definition) is 6. The molecule has 0 atom stereocenters. The molecule has 254 valence electrons. The lowest BCUT2D eigenvalue weighted by molar-refractivity contribution is 0.511. The van der Waals surface area contributed by atoms with E-state index in [0.29, 0.717) is 22.3 Å². The largest absolute Gasteiger partial charge is 0.311 e. The Morgan fingerprint density at radius 1 is 0.463 bits per heavy atom. The molecule has 0 spiro atoms. The summed E-state index contributed by atoms with van der Waals surface area (Å²) in [4.78, 5) is 10.3. The van der Waals surface area contributed by atoms with E-state index in [1.165, 1.54) is 0 Å². The molecule has 0 saturated carbocycles. The van der Waals surface area contributed by atoms with E-state index in [4.69, 9.17) is 0 Å². The molecule has 0 radical (unpaired) electrons. The van der Waals surface area contributed by atoms with Gasteiger partial charge in [0.1, 0.15) is 11.0 Å². The quantitative estimate of drug-likeness (QED) is 0.170. The summed E-state index contributed by atoms with van der Waals surface area (Å²) < 4.78 is 41.0. The molecule has 8 heteroatoms. The van der Waals surface area contributed by atoms with Gasteiger partial charge in [-0.05, 0) is 84.4 Å². The monoisotopic (exact) mass is 717 g/mol. The van der Waals surface area contributed by atoms with Crippen molar-refractivity contribution in [2.24, 2.45) is 0 Å². The van der Waals surface area contributed by atoms with Crippen molar-refractivity contribution in [3.63, 3.8) is 0 Å². The summed E-state index contributed by atoms with van der Waals surface area (Å²) in [5, 5.41) is 0. The van der Waals surface area contributed by atoms with Crippen LogP contribution in [0, 0.1) is 47.2 Å². The van der Waals surface area contributed by atoms with Crippen molar-refractivity contribution in [2.75, 3.05) is 4.90 Å². The first kappa shape index (κ1) is 33.7. The number of aromatic nitrogens is 4. The molecule has 0 aliphatic heterocycles.